The van der Waals surface area contributed by atoms with Crippen LogP contribution in [0.15, 0.2) is 59.2 Å². The Hall–Kier alpha value is -2.24. The quantitative estimate of drug-likeness (QED) is 0.302. The molecule has 0 atom stereocenters. The van der Waals surface area contributed by atoms with E-state index in [1.165, 1.54) is 28.3 Å². The highest BCUT2D eigenvalue weighted by atomic mass is 32.2. The van der Waals surface area contributed by atoms with E-state index in [0.717, 1.165) is 20.8 Å². The smallest absolute Gasteiger partial charge is 0.128 e. The third kappa shape index (κ3) is 3.37. The predicted molar refractivity (Wildman–Crippen MR) is 108 cm³/mol. The Labute approximate surface area is 160 Å². The van der Waals surface area contributed by atoms with E-state index in [1.807, 2.05) is 6.07 Å². The number of thiophene rings is 1. The molecule has 5 heteroatoms. The first-order chi connectivity index (χ1) is 12.6. The Morgan fingerprint density at radius 3 is 2.73 bits per heavy atom. The number of fused-ring (bicyclic) bond motifs is 1. The number of aromatic nitrogens is 2. The SMILES string of the molecule is Cc1ccc(-c2csc3ncnc(SCc4cccc(F)c4)c23)c(C)c1. The molecule has 0 bridgehead atoms. The van der Waals surface area contributed by atoms with E-state index in [1.54, 1.807) is 41.6 Å². The third-order valence-corrected chi connectivity index (χ3v) is 6.22. The van der Waals surface area contributed by atoms with E-state index in [0.29, 0.717) is 5.75 Å². The van der Waals surface area contributed by atoms with Gasteiger partial charge in [0.15, 0.2) is 0 Å². The average molecular weight is 381 g/mol. The Bertz CT molecular complexity index is 1090. The second kappa shape index (κ2) is 7.17. The number of halogens is 1. The molecule has 0 aliphatic carbocycles. The van der Waals surface area contributed by atoms with Crippen LogP contribution in [0.1, 0.15) is 16.7 Å². The molecule has 2 aromatic heterocycles. The highest BCUT2D eigenvalue weighted by molar-refractivity contribution is 7.98. The van der Waals surface area contributed by atoms with E-state index in [4.69, 9.17) is 0 Å². The summed E-state index contributed by atoms with van der Waals surface area (Å²) in [4.78, 5) is 9.94. The maximum atomic E-state index is 13.4. The molecule has 0 spiro atoms. The van der Waals surface area contributed by atoms with Gasteiger partial charge in [-0.3, -0.25) is 0 Å². The number of benzene rings is 2. The molecular formula is C21H17FN2S2. The van der Waals surface area contributed by atoms with Crippen molar-refractivity contribution >= 4 is 33.3 Å². The van der Waals surface area contributed by atoms with Crippen LogP contribution in [0.4, 0.5) is 4.39 Å². The minimum Gasteiger partial charge on any atom is -0.229 e. The molecule has 0 fully saturated rings. The number of aryl methyl sites for hydroxylation is 2. The van der Waals surface area contributed by atoms with E-state index < -0.39 is 0 Å². The van der Waals surface area contributed by atoms with Gasteiger partial charge in [-0.2, -0.15) is 0 Å². The molecule has 0 unspecified atom stereocenters. The van der Waals surface area contributed by atoms with Crippen LogP contribution in [-0.4, -0.2) is 9.97 Å². The first kappa shape index (κ1) is 17.2. The lowest BCUT2D eigenvalue weighted by molar-refractivity contribution is 0.626. The van der Waals surface area contributed by atoms with Crippen molar-refractivity contribution in [1.82, 2.24) is 9.97 Å². The number of rotatable bonds is 4. The van der Waals surface area contributed by atoms with Crippen LogP contribution in [0.3, 0.4) is 0 Å². The van der Waals surface area contributed by atoms with Gasteiger partial charge in [-0.1, -0.05) is 35.9 Å². The molecule has 0 N–H and O–H groups in total. The summed E-state index contributed by atoms with van der Waals surface area (Å²) in [6.45, 7) is 4.24. The third-order valence-electron chi connectivity index (χ3n) is 4.27. The number of nitrogens with zero attached hydrogens (tertiary/aromatic N) is 2. The highest BCUT2D eigenvalue weighted by Gasteiger charge is 2.15. The molecule has 0 aliphatic rings. The summed E-state index contributed by atoms with van der Waals surface area (Å²) in [5.41, 5.74) is 5.83. The highest BCUT2D eigenvalue weighted by Crippen LogP contribution is 2.39. The maximum absolute atomic E-state index is 13.4. The molecule has 2 nitrogen and oxygen atoms in total. The molecule has 0 amide bonds. The summed E-state index contributed by atoms with van der Waals surface area (Å²) in [5.74, 6) is 0.467. The molecule has 2 aromatic carbocycles. The van der Waals surface area contributed by atoms with Crippen LogP contribution in [0.25, 0.3) is 21.3 Å². The molecule has 0 aliphatic heterocycles. The monoisotopic (exact) mass is 380 g/mol. The maximum Gasteiger partial charge on any atom is 0.128 e. The summed E-state index contributed by atoms with van der Waals surface area (Å²) in [5, 5.41) is 4.19. The van der Waals surface area contributed by atoms with Crippen LogP contribution in [-0.2, 0) is 5.75 Å². The van der Waals surface area contributed by atoms with E-state index >= 15 is 0 Å². The second-order valence-corrected chi connectivity index (χ2v) is 8.07. The lowest BCUT2D eigenvalue weighted by Crippen LogP contribution is -1.89. The van der Waals surface area contributed by atoms with Crippen molar-refractivity contribution in [3.8, 4) is 11.1 Å². The molecule has 130 valence electrons. The Morgan fingerprint density at radius 2 is 1.92 bits per heavy atom. The largest absolute Gasteiger partial charge is 0.229 e. The van der Waals surface area contributed by atoms with Gasteiger partial charge in [-0.15, -0.1) is 23.1 Å². The molecule has 4 rings (SSSR count). The predicted octanol–water partition coefficient (Wildman–Crippen LogP) is 6.41. The van der Waals surface area contributed by atoms with Crippen molar-refractivity contribution in [2.75, 3.05) is 0 Å². The fraction of sp³-hybridized carbons (Fsp3) is 0.143. The summed E-state index contributed by atoms with van der Waals surface area (Å²) < 4.78 is 13.4. The second-order valence-electron chi connectivity index (χ2n) is 6.25. The number of hydrogen-bond donors (Lipinski definition) is 0. The fourth-order valence-corrected chi connectivity index (χ4v) is 4.98. The van der Waals surface area contributed by atoms with Crippen LogP contribution in [0.5, 0.6) is 0 Å². The lowest BCUT2D eigenvalue weighted by Gasteiger charge is -2.08. The molecule has 0 radical (unpaired) electrons. The molecule has 4 aromatic rings. The van der Waals surface area contributed by atoms with Crippen molar-refractivity contribution in [2.45, 2.75) is 24.6 Å². The van der Waals surface area contributed by atoms with Crippen molar-refractivity contribution in [1.29, 1.82) is 0 Å². The van der Waals surface area contributed by atoms with Gasteiger partial charge < -0.3 is 0 Å². The Kier molecular flexibility index (Phi) is 4.74. The van der Waals surface area contributed by atoms with Gasteiger partial charge in [0.05, 0.1) is 5.39 Å². The number of thioether (sulfide) groups is 1. The minimum absolute atomic E-state index is 0.206. The average Bonchev–Trinajstić information content (AvgIpc) is 3.05. The van der Waals surface area contributed by atoms with Crippen molar-refractivity contribution in [3.63, 3.8) is 0 Å². The lowest BCUT2D eigenvalue weighted by atomic mass is 9.99. The van der Waals surface area contributed by atoms with Gasteiger partial charge in [0.1, 0.15) is 22.0 Å². The van der Waals surface area contributed by atoms with Crippen LogP contribution >= 0.6 is 23.1 Å². The summed E-state index contributed by atoms with van der Waals surface area (Å²) in [7, 11) is 0. The van der Waals surface area contributed by atoms with Gasteiger partial charge in [0.25, 0.3) is 0 Å². The summed E-state index contributed by atoms with van der Waals surface area (Å²) in [6.07, 6.45) is 1.61. The molecule has 0 saturated carbocycles. The summed E-state index contributed by atoms with van der Waals surface area (Å²) >= 11 is 3.26. The van der Waals surface area contributed by atoms with Gasteiger partial charge in [0, 0.05) is 16.7 Å². The molecule has 0 saturated heterocycles. The zero-order valence-corrected chi connectivity index (χ0v) is 16.1. The first-order valence-corrected chi connectivity index (χ1v) is 10.2. The van der Waals surface area contributed by atoms with Crippen molar-refractivity contribution in [2.24, 2.45) is 0 Å². The normalized spacial score (nSPS) is 11.2. The Balaban J connectivity index is 1.75. The molecular weight excluding hydrogens is 363 g/mol. The van der Waals surface area contributed by atoms with E-state index in [2.05, 4.69) is 47.4 Å². The van der Waals surface area contributed by atoms with Crippen LogP contribution in [0.2, 0.25) is 0 Å². The minimum atomic E-state index is -0.206. The molecule has 2 heterocycles. The standard InChI is InChI=1S/C21H17FN2S2/c1-13-6-7-17(14(2)8-13)18-11-26-21-19(18)20(23-12-24-21)25-10-15-4-3-5-16(22)9-15/h3-9,11-12H,10H2,1-2H3. The Morgan fingerprint density at radius 1 is 1.04 bits per heavy atom. The number of hydrogen-bond acceptors (Lipinski definition) is 4. The zero-order chi connectivity index (χ0) is 18.1. The van der Waals surface area contributed by atoms with Crippen molar-refractivity contribution < 1.29 is 4.39 Å². The zero-order valence-electron chi connectivity index (χ0n) is 14.5. The van der Waals surface area contributed by atoms with Gasteiger partial charge in [-0.25, -0.2) is 14.4 Å². The van der Waals surface area contributed by atoms with Crippen LogP contribution in [0, 0.1) is 19.7 Å². The summed E-state index contributed by atoms with van der Waals surface area (Å²) in [6, 6.07) is 13.2. The van der Waals surface area contributed by atoms with Gasteiger partial charge >= 0.3 is 0 Å². The first-order valence-electron chi connectivity index (χ1n) is 8.29. The van der Waals surface area contributed by atoms with E-state index in [9.17, 15) is 4.39 Å². The fourth-order valence-electron chi connectivity index (χ4n) is 3.05. The van der Waals surface area contributed by atoms with Gasteiger partial charge in [-0.05, 0) is 42.7 Å². The van der Waals surface area contributed by atoms with Crippen molar-refractivity contribution in [3.05, 3.63) is 76.7 Å². The molecule has 26 heavy (non-hydrogen) atoms. The topological polar surface area (TPSA) is 25.8 Å². The van der Waals surface area contributed by atoms with Gasteiger partial charge in [0.2, 0.25) is 0 Å². The van der Waals surface area contributed by atoms with Crippen LogP contribution < -0.4 is 0 Å². The van der Waals surface area contributed by atoms with E-state index in [-0.39, 0.29) is 5.82 Å².